The van der Waals surface area contributed by atoms with Gasteiger partial charge in [0, 0.05) is 12.6 Å². The molecule has 116 valence electrons. The van der Waals surface area contributed by atoms with Crippen molar-refractivity contribution < 1.29 is 19.4 Å². The second kappa shape index (κ2) is 7.47. The fourth-order valence-corrected chi connectivity index (χ4v) is 1.44. The molecule has 7 heteroatoms. The normalized spacial score (nSPS) is 10.8. The highest BCUT2D eigenvalue weighted by Crippen LogP contribution is 2.15. The molecule has 2 amide bonds. The van der Waals surface area contributed by atoms with Gasteiger partial charge in [0.25, 0.3) is 0 Å². The Balaban J connectivity index is 2.43. The van der Waals surface area contributed by atoms with Crippen LogP contribution in [0.2, 0.25) is 0 Å². The largest absolute Gasteiger partial charge is 0.481 e. The molecule has 0 atom stereocenters. The van der Waals surface area contributed by atoms with E-state index in [0.717, 1.165) is 0 Å². The van der Waals surface area contributed by atoms with Gasteiger partial charge in [0.05, 0.1) is 18.7 Å². The molecule has 0 radical (unpaired) electrons. The second-order valence-corrected chi connectivity index (χ2v) is 5.43. The highest BCUT2D eigenvalue weighted by Gasteiger charge is 2.12. The molecule has 0 unspecified atom stereocenters. The lowest BCUT2D eigenvalue weighted by molar-refractivity contribution is -0.136. The van der Waals surface area contributed by atoms with Gasteiger partial charge in [-0.15, -0.1) is 0 Å². The number of ether oxygens (including phenoxy) is 1. The summed E-state index contributed by atoms with van der Waals surface area (Å²) in [6.45, 7) is 6.10. The van der Waals surface area contributed by atoms with Gasteiger partial charge >= 0.3 is 12.0 Å². The van der Waals surface area contributed by atoms with Crippen molar-refractivity contribution in [3.8, 4) is 5.88 Å². The van der Waals surface area contributed by atoms with Crippen molar-refractivity contribution in [2.75, 3.05) is 6.54 Å². The first-order chi connectivity index (χ1) is 9.76. The molecule has 0 saturated carbocycles. The Kier molecular flexibility index (Phi) is 5.95. The van der Waals surface area contributed by atoms with Gasteiger partial charge < -0.3 is 20.5 Å². The Morgan fingerprint density at radius 3 is 2.62 bits per heavy atom. The number of pyridine rings is 1. The number of nitrogens with zero attached hydrogens (tertiary/aromatic N) is 1. The van der Waals surface area contributed by atoms with E-state index in [1.165, 1.54) is 0 Å². The molecule has 3 N–H and O–H groups in total. The zero-order valence-electron chi connectivity index (χ0n) is 12.5. The number of carboxylic acids is 1. The zero-order valence-corrected chi connectivity index (χ0v) is 12.5. The van der Waals surface area contributed by atoms with E-state index in [0.29, 0.717) is 11.6 Å². The van der Waals surface area contributed by atoms with Crippen molar-refractivity contribution in [2.45, 2.75) is 39.3 Å². The predicted octanol–water partition coefficient (Wildman–Crippen LogP) is 1.53. The number of aliphatic carboxylic acids is 1. The van der Waals surface area contributed by atoms with Crippen LogP contribution in [0.15, 0.2) is 18.2 Å². The topological polar surface area (TPSA) is 101 Å². The van der Waals surface area contributed by atoms with Gasteiger partial charge in [-0.2, -0.15) is 0 Å². The summed E-state index contributed by atoms with van der Waals surface area (Å²) in [5.74, 6) is -0.461. The molecular weight excluding hydrogens is 274 g/mol. The van der Waals surface area contributed by atoms with Crippen LogP contribution in [0.4, 0.5) is 4.79 Å². The summed E-state index contributed by atoms with van der Waals surface area (Å²) in [6.07, 6.45) is -0.111. The number of nitrogens with one attached hydrogen (secondary N) is 2. The van der Waals surface area contributed by atoms with E-state index in [1.807, 2.05) is 20.8 Å². The molecule has 1 rings (SSSR count). The maximum absolute atomic E-state index is 11.4. The van der Waals surface area contributed by atoms with E-state index < -0.39 is 12.0 Å². The Morgan fingerprint density at radius 1 is 1.29 bits per heavy atom. The van der Waals surface area contributed by atoms with Crippen molar-refractivity contribution in [3.05, 3.63) is 23.9 Å². The first-order valence-electron chi connectivity index (χ1n) is 6.65. The van der Waals surface area contributed by atoms with Crippen LogP contribution in [0.5, 0.6) is 5.88 Å². The predicted molar refractivity (Wildman–Crippen MR) is 77.1 cm³/mol. The zero-order chi connectivity index (χ0) is 15.9. The molecule has 0 fully saturated rings. The molecule has 1 heterocycles. The molecular formula is C14H21N3O4. The number of aromatic nitrogens is 1. The maximum Gasteiger partial charge on any atom is 0.315 e. The minimum absolute atomic E-state index is 0.0851. The van der Waals surface area contributed by atoms with Crippen LogP contribution in [0.3, 0.4) is 0 Å². The molecule has 0 saturated heterocycles. The van der Waals surface area contributed by atoms with Crippen LogP contribution in [0, 0.1) is 0 Å². The van der Waals surface area contributed by atoms with E-state index >= 15 is 0 Å². The lowest BCUT2D eigenvalue weighted by Crippen LogP contribution is -2.36. The van der Waals surface area contributed by atoms with Gasteiger partial charge in [-0.1, -0.05) is 6.07 Å². The minimum Gasteiger partial charge on any atom is -0.481 e. The first kappa shape index (κ1) is 16.7. The average molecular weight is 295 g/mol. The summed E-state index contributed by atoms with van der Waals surface area (Å²) in [6, 6.07) is 4.89. The standard InChI is InChI=1S/C14H21N3O4/c1-14(2,3)21-11-6-4-5-10(17-11)9-16-13(20)15-8-7-12(18)19/h4-6H,7-9H2,1-3H3,(H,18,19)(H2,15,16,20). The summed E-state index contributed by atoms with van der Waals surface area (Å²) in [5, 5.41) is 13.5. The van der Waals surface area contributed by atoms with Crippen LogP contribution < -0.4 is 15.4 Å². The summed E-state index contributed by atoms with van der Waals surface area (Å²) in [5.41, 5.74) is 0.318. The molecule has 1 aromatic heterocycles. The number of carbonyl (C=O) groups excluding carboxylic acids is 1. The maximum atomic E-state index is 11.4. The molecule has 0 aliphatic heterocycles. The number of carbonyl (C=O) groups is 2. The Bertz CT molecular complexity index is 497. The van der Waals surface area contributed by atoms with Gasteiger partial charge in [-0.05, 0) is 26.8 Å². The van der Waals surface area contributed by atoms with E-state index in [2.05, 4.69) is 15.6 Å². The molecule has 21 heavy (non-hydrogen) atoms. The number of amides is 2. The van der Waals surface area contributed by atoms with Crippen molar-refractivity contribution >= 4 is 12.0 Å². The molecule has 7 nitrogen and oxygen atoms in total. The van der Waals surface area contributed by atoms with Gasteiger partial charge in [0.15, 0.2) is 0 Å². The Hall–Kier alpha value is -2.31. The van der Waals surface area contributed by atoms with Gasteiger partial charge in [0.2, 0.25) is 5.88 Å². The molecule has 0 aliphatic carbocycles. The number of urea groups is 1. The molecule has 0 aromatic carbocycles. The van der Waals surface area contributed by atoms with E-state index in [9.17, 15) is 9.59 Å². The second-order valence-electron chi connectivity index (χ2n) is 5.43. The fraction of sp³-hybridized carbons (Fsp3) is 0.500. The number of hydrogen-bond donors (Lipinski definition) is 3. The SMILES string of the molecule is CC(C)(C)Oc1cccc(CNC(=O)NCCC(=O)O)n1. The number of rotatable bonds is 6. The fourth-order valence-electron chi connectivity index (χ4n) is 1.44. The van der Waals surface area contributed by atoms with Gasteiger partial charge in [0.1, 0.15) is 5.60 Å². The lowest BCUT2D eigenvalue weighted by atomic mass is 10.2. The van der Waals surface area contributed by atoms with Crippen molar-refractivity contribution in [1.29, 1.82) is 0 Å². The van der Waals surface area contributed by atoms with E-state index in [-0.39, 0.29) is 25.1 Å². The van der Waals surface area contributed by atoms with Crippen molar-refractivity contribution in [1.82, 2.24) is 15.6 Å². The molecule has 0 bridgehead atoms. The minimum atomic E-state index is -0.955. The monoisotopic (exact) mass is 295 g/mol. The van der Waals surface area contributed by atoms with Gasteiger partial charge in [-0.3, -0.25) is 4.79 Å². The van der Waals surface area contributed by atoms with Gasteiger partial charge in [-0.25, -0.2) is 9.78 Å². The quantitative estimate of drug-likeness (QED) is 0.739. The smallest absolute Gasteiger partial charge is 0.315 e. The van der Waals surface area contributed by atoms with E-state index in [1.54, 1.807) is 18.2 Å². The Morgan fingerprint density at radius 2 is 2.00 bits per heavy atom. The molecule has 1 aromatic rings. The summed E-state index contributed by atoms with van der Waals surface area (Å²) < 4.78 is 5.64. The highest BCUT2D eigenvalue weighted by molar-refractivity contribution is 5.74. The number of carboxylic acid groups (broad SMARTS) is 1. The van der Waals surface area contributed by atoms with E-state index in [4.69, 9.17) is 9.84 Å². The summed E-state index contributed by atoms with van der Waals surface area (Å²) >= 11 is 0. The molecule has 0 aliphatic rings. The summed E-state index contributed by atoms with van der Waals surface area (Å²) in [7, 11) is 0. The van der Waals surface area contributed by atoms with Crippen molar-refractivity contribution in [2.24, 2.45) is 0 Å². The number of hydrogen-bond acceptors (Lipinski definition) is 4. The average Bonchev–Trinajstić information content (AvgIpc) is 2.34. The lowest BCUT2D eigenvalue weighted by Gasteiger charge is -2.20. The summed E-state index contributed by atoms with van der Waals surface area (Å²) in [4.78, 5) is 26.0. The highest BCUT2D eigenvalue weighted by atomic mass is 16.5. The van der Waals surface area contributed by atoms with Crippen LogP contribution in [-0.2, 0) is 11.3 Å². The third kappa shape index (κ3) is 7.76. The third-order valence-electron chi connectivity index (χ3n) is 2.25. The van der Waals surface area contributed by atoms with Crippen LogP contribution in [0.25, 0.3) is 0 Å². The van der Waals surface area contributed by atoms with Crippen LogP contribution in [-0.4, -0.2) is 34.2 Å². The van der Waals surface area contributed by atoms with Crippen molar-refractivity contribution in [3.63, 3.8) is 0 Å². The molecule has 0 spiro atoms. The Labute approximate surface area is 123 Å². The third-order valence-corrected chi connectivity index (χ3v) is 2.25. The first-order valence-corrected chi connectivity index (χ1v) is 6.65. The van der Waals surface area contributed by atoms with Crippen LogP contribution in [0.1, 0.15) is 32.9 Å². The van der Waals surface area contributed by atoms with Crippen LogP contribution >= 0.6 is 0 Å².